The summed E-state index contributed by atoms with van der Waals surface area (Å²) in [5, 5.41) is 2.78. The van der Waals surface area contributed by atoms with E-state index in [0.717, 1.165) is 4.47 Å². The van der Waals surface area contributed by atoms with E-state index in [-0.39, 0.29) is 24.4 Å². The normalized spacial score (nSPS) is 10.6. The lowest BCUT2D eigenvalue weighted by Gasteiger charge is -2.21. The minimum atomic E-state index is -0.144. The van der Waals surface area contributed by atoms with Gasteiger partial charge in [-0.3, -0.25) is 9.59 Å². The average molecular weight is 330 g/mol. The topological polar surface area (TPSA) is 54.3 Å². The zero-order chi connectivity index (χ0) is 14.6. The molecule has 0 saturated heterocycles. The first kappa shape index (κ1) is 15.8. The number of carbonyl (C=O) groups is 2. The van der Waals surface area contributed by atoms with Gasteiger partial charge in [0.2, 0.25) is 5.91 Å². The largest absolute Gasteiger partial charge is 0.352 e. The van der Waals surface area contributed by atoms with Crippen molar-refractivity contribution in [2.75, 3.05) is 13.1 Å². The molecule has 6 heteroatoms. The van der Waals surface area contributed by atoms with Crippen LogP contribution in [-0.4, -0.2) is 40.4 Å². The molecule has 0 unspecified atom stereocenters. The smallest absolute Gasteiger partial charge is 0.270 e. The molecule has 0 aliphatic carbocycles. The molecule has 106 valence electrons. The Morgan fingerprint density at radius 2 is 2.11 bits per heavy atom. The molecule has 5 nitrogen and oxygen atoms in total. The molecule has 0 fully saturated rings. The van der Waals surface area contributed by atoms with Crippen molar-refractivity contribution in [3.05, 3.63) is 22.4 Å². The molecule has 1 heterocycles. The van der Waals surface area contributed by atoms with Crippen LogP contribution in [0.1, 0.15) is 31.3 Å². The summed E-state index contributed by atoms with van der Waals surface area (Å²) < 4.78 is 2.59. The van der Waals surface area contributed by atoms with Gasteiger partial charge in [0.25, 0.3) is 5.91 Å². The van der Waals surface area contributed by atoms with Crippen LogP contribution in [0.25, 0.3) is 0 Å². The maximum Gasteiger partial charge on any atom is 0.270 e. The summed E-state index contributed by atoms with van der Waals surface area (Å²) in [4.78, 5) is 25.6. The second kappa shape index (κ2) is 6.75. The van der Waals surface area contributed by atoms with Gasteiger partial charge in [0.1, 0.15) is 5.69 Å². The number of likely N-dealkylation sites (N-methyl/N-ethyl adjacent to an activating group) is 1. The predicted octanol–water partition coefficient (Wildman–Crippen LogP) is 1.77. The van der Waals surface area contributed by atoms with E-state index in [1.165, 1.54) is 4.90 Å². The highest BCUT2D eigenvalue weighted by molar-refractivity contribution is 9.10. The Bertz CT molecular complexity index is 468. The van der Waals surface area contributed by atoms with Gasteiger partial charge < -0.3 is 14.8 Å². The number of amides is 2. The van der Waals surface area contributed by atoms with Crippen LogP contribution >= 0.6 is 15.9 Å². The molecule has 0 radical (unpaired) electrons. The van der Waals surface area contributed by atoms with Gasteiger partial charge in [0, 0.05) is 30.3 Å². The lowest BCUT2D eigenvalue weighted by Crippen LogP contribution is -2.43. The van der Waals surface area contributed by atoms with E-state index in [1.807, 2.05) is 27.0 Å². The van der Waals surface area contributed by atoms with E-state index >= 15 is 0 Å². The van der Waals surface area contributed by atoms with Crippen LogP contribution in [-0.2, 0) is 11.8 Å². The summed E-state index contributed by atoms with van der Waals surface area (Å²) in [5.41, 5.74) is 0.561. The summed E-state index contributed by atoms with van der Waals surface area (Å²) in [6.45, 7) is 6.22. The minimum absolute atomic E-state index is 0.0745. The number of rotatable bonds is 5. The first-order valence-corrected chi connectivity index (χ1v) is 7.05. The van der Waals surface area contributed by atoms with E-state index in [0.29, 0.717) is 12.2 Å². The summed E-state index contributed by atoms with van der Waals surface area (Å²) in [5.74, 6) is -0.284. The molecule has 0 atom stereocenters. The highest BCUT2D eigenvalue weighted by atomic mass is 79.9. The highest BCUT2D eigenvalue weighted by Crippen LogP contribution is 2.15. The fraction of sp³-hybridized carbons (Fsp3) is 0.538. The van der Waals surface area contributed by atoms with E-state index in [4.69, 9.17) is 0 Å². The molecule has 0 bridgehead atoms. The molecular formula is C13H20BrN3O2. The van der Waals surface area contributed by atoms with Gasteiger partial charge in [0.05, 0.1) is 6.54 Å². The third-order valence-corrected chi connectivity index (χ3v) is 3.08. The first-order chi connectivity index (χ1) is 8.85. The Kier molecular flexibility index (Phi) is 5.60. The number of hydrogen-bond acceptors (Lipinski definition) is 2. The van der Waals surface area contributed by atoms with Crippen molar-refractivity contribution in [1.82, 2.24) is 14.8 Å². The molecule has 1 rings (SSSR count). The molecule has 0 aromatic carbocycles. The van der Waals surface area contributed by atoms with Crippen molar-refractivity contribution in [3.8, 4) is 0 Å². The quantitative estimate of drug-likeness (QED) is 0.895. The van der Waals surface area contributed by atoms with Crippen LogP contribution < -0.4 is 5.32 Å². The van der Waals surface area contributed by atoms with E-state index in [9.17, 15) is 9.59 Å². The molecule has 19 heavy (non-hydrogen) atoms. The molecule has 0 spiro atoms. The van der Waals surface area contributed by atoms with Crippen LogP contribution in [0, 0.1) is 0 Å². The van der Waals surface area contributed by atoms with E-state index in [1.54, 1.807) is 17.7 Å². The van der Waals surface area contributed by atoms with E-state index in [2.05, 4.69) is 21.2 Å². The Morgan fingerprint density at radius 1 is 1.47 bits per heavy atom. The number of aryl methyl sites for hydroxylation is 1. The first-order valence-electron chi connectivity index (χ1n) is 6.25. The highest BCUT2D eigenvalue weighted by Gasteiger charge is 2.20. The minimum Gasteiger partial charge on any atom is -0.352 e. The second-order valence-corrected chi connectivity index (χ2v) is 5.61. The Balaban J connectivity index is 2.77. The SMILES string of the molecule is CCN(CC(=O)NC(C)C)C(=O)c1cc(Br)cn1C. The molecule has 0 aliphatic rings. The molecule has 2 amide bonds. The molecular weight excluding hydrogens is 310 g/mol. The van der Waals surface area contributed by atoms with Gasteiger partial charge in [-0.05, 0) is 42.8 Å². The lowest BCUT2D eigenvalue weighted by molar-refractivity contribution is -0.122. The number of nitrogens with one attached hydrogen (secondary N) is 1. The van der Waals surface area contributed by atoms with Gasteiger partial charge in [0.15, 0.2) is 0 Å². The van der Waals surface area contributed by atoms with Crippen molar-refractivity contribution in [1.29, 1.82) is 0 Å². The van der Waals surface area contributed by atoms with Gasteiger partial charge in [-0.15, -0.1) is 0 Å². The summed E-state index contributed by atoms with van der Waals surface area (Å²) in [7, 11) is 1.81. The van der Waals surface area contributed by atoms with Crippen LogP contribution in [0.2, 0.25) is 0 Å². The molecule has 1 N–H and O–H groups in total. The van der Waals surface area contributed by atoms with Crippen LogP contribution in [0.3, 0.4) is 0 Å². The van der Waals surface area contributed by atoms with Crippen molar-refractivity contribution in [2.45, 2.75) is 26.8 Å². The van der Waals surface area contributed by atoms with Crippen molar-refractivity contribution in [2.24, 2.45) is 7.05 Å². The van der Waals surface area contributed by atoms with Crippen molar-refractivity contribution in [3.63, 3.8) is 0 Å². The van der Waals surface area contributed by atoms with Gasteiger partial charge in [-0.1, -0.05) is 0 Å². The lowest BCUT2D eigenvalue weighted by atomic mass is 10.3. The standard InChI is InChI=1S/C13H20BrN3O2/c1-5-17(8-12(18)15-9(2)3)13(19)11-6-10(14)7-16(11)4/h6-7,9H,5,8H2,1-4H3,(H,15,18). The third-order valence-electron chi connectivity index (χ3n) is 2.64. The van der Waals surface area contributed by atoms with Crippen LogP contribution in [0.4, 0.5) is 0 Å². The zero-order valence-corrected chi connectivity index (χ0v) is 13.3. The maximum atomic E-state index is 12.3. The molecule has 0 saturated carbocycles. The van der Waals surface area contributed by atoms with E-state index < -0.39 is 0 Å². The molecule has 1 aromatic rings. The summed E-state index contributed by atoms with van der Waals surface area (Å²) >= 11 is 3.34. The van der Waals surface area contributed by atoms with Crippen LogP contribution in [0.5, 0.6) is 0 Å². The number of halogens is 1. The fourth-order valence-electron chi connectivity index (χ4n) is 1.77. The predicted molar refractivity (Wildman–Crippen MR) is 78.0 cm³/mol. The maximum absolute atomic E-state index is 12.3. The molecule has 0 aliphatic heterocycles. The second-order valence-electron chi connectivity index (χ2n) is 4.70. The number of aromatic nitrogens is 1. The van der Waals surface area contributed by atoms with Crippen LogP contribution in [0.15, 0.2) is 16.7 Å². The van der Waals surface area contributed by atoms with Gasteiger partial charge >= 0.3 is 0 Å². The summed E-state index contributed by atoms with van der Waals surface area (Å²) in [6.07, 6.45) is 1.81. The van der Waals surface area contributed by atoms with Gasteiger partial charge in [-0.2, -0.15) is 0 Å². The monoisotopic (exact) mass is 329 g/mol. The molecule has 1 aromatic heterocycles. The number of nitrogens with zero attached hydrogens (tertiary/aromatic N) is 2. The summed E-state index contributed by atoms with van der Waals surface area (Å²) in [6, 6.07) is 1.83. The Morgan fingerprint density at radius 3 is 2.53 bits per heavy atom. The Hall–Kier alpha value is -1.30. The fourth-order valence-corrected chi connectivity index (χ4v) is 2.29. The zero-order valence-electron chi connectivity index (χ0n) is 11.7. The van der Waals surface area contributed by atoms with Crippen molar-refractivity contribution >= 4 is 27.7 Å². The number of hydrogen-bond donors (Lipinski definition) is 1. The van der Waals surface area contributed by atoms with Crippen molar-refractivity contribution < 1.29 is 9.59 Å². The van der Waals surface area contributed by atoms with Gasteiger partial charge in [-0.25, -0.2) is 0 Å². The third kappa shape index (κ3) is 4.38. The Labute approximate surface area is 122 Å². The number of carbonyl (C=O) groups excluding carboxylic acids is 2. The average Bonchev–Trinajstić information content (AvgIpc) is 2.63.